The predicted molar refractivity (Wildman–Crippen MR) is 152 cm³/mol. The van der Waals surface area contributed by atoms with E-state index in [2.05, 4.69) is 23.9 Å². The highest BCUT2D eigenvalue weighted by atomic mass is 32.2. The van der Waals surface area contributed by atoms with Crippen LogP contribution in [0.2, 0.25) is 0 Å². The van der Waals surface area contributed by atoms with Gasteiger partial charge in [-0.05, 0) is 39.1 Å². The Morgan fingerprint density at radius 2 is 1.50 bits per heavy atom. The highest BCUT2D eigenvalue weighted by Gasteiger charge is 2.39. The number of aliphatic carboxylic acids is 2. The summed E-state index contributed by atoms with van der Waals surface area (Å²) in [5.74, 6) is -4.80. The average molecular weight is 691 g/mol. The van der Waals surface area contributed by atoms with Crippen molar-refractivity contribution < 1.29 is 59.4 Å². The molecule has 0 radical (unpaired) electrons. The monoisotopic (exact) mass is 690 g/mol. The molecule has 1 amide bonds. The van der Waals surface area contributed by atoms with Crippen LogP contribution in [0.3, 0.4) is 0 Å². The second-order valence-corrected chi connectivity index (χ2v) is 12.8. The first-order valence-corrected chi connectivity index (χ1v) is 15.7. The van der Waals surface area contributed by atoms with E-state index < -0.39 is 34.3 Å². The van der Waals surface area contributed by atoms with Gasteiger partial charge < -0.3 is 24.4 Å². The first-order valence-electron chi connectivity index (χ1n) is 13.8. The van der Waals surface area contributed by atoms with Crippen LogP contribution in [-0.2, 0) is 19.6 Å². The quantitative estimate of drug-likeness (QED) is 0.431. The third-order valence-corrected chi connectivity index (χ3v) is 8.27. The second-order valence-electron chi connectivity index (χ2n) is 10.8. The van der Waals surface area contributed by atoms with E-state index in [1.54, 1.807) is 0 Å². The van der Waals surface area contributed by atoms with Gasteiger partial charge in [0.15, 0.2) is 5.69 Å². The molecule has 0 aromatic carbocycles. The molecule has 46 heavy (non-hydrogen) atoms. The Morgan fingerprint density at radius 3 is 1.98 bits per heavy atom. The fourth-order valence-electron chi connectivity index (χ4n) is 4.63. The highest BCUT2D eigenvalue weighted by molar-refractivity contribution is 7.88. The highest BCUT2D eigenvalue weighted by Crippen LogP contribution is 2.29. The number of piperidine rings is 1. The number of nitrogens with zero attached hydrogens (tertiary/aromatic N) is 6. The molecule has 0 saturated carbocycles. The van der Waals surface area contributed by atoms with E-state index >= 15 is 0 Å². The molecule has 20 heteroatoms. The van der Waals surface area contributed by atoms with Gasteiger partial charge in [-0.2, -0.15) is 26.3 Å². The minimum atomic E-state index is -5.08. The van der Waals surface area contributed by atoms with Gasteiger partial charge in [0, 0.05) is 64.5 Å². The van der Waals surface area contributed by atoms with E-state index in [4.69, 9.17) is 24.8 Å². The predicted octanol–water partition coefficient (Wildman–Crippen LogP) is 2.06. The van der Waals surface area contributed by atoms with Crippen LogP contribution < -0.4 is 0 Å². The van der Waals surface area contributed by atoms with Crippen molar-refractivity contribution in [1.82, 2.24) is 28.4 Å². The minimum absolute atomic E-state index is 0.0298. The zero-order valence-electron chi connectivity index (χ0n) is 25.3. The van der Waals surface area contributed by atoms with E-state index in [0.29, 0.717) is 31.9 Å². The van der Waals surface area contributed by atoms with Crippen LogP contribution in [0.5, 0.6) is 0 Å². The molecule has 4 heterocycles. The molecule has 260 valence electrons. The van der Waals surface area contributed by atoms with Crippen molar-refractivity contribution in [3.8, 4) is 0 Å². The molecule has 2 aromatic rings. The Morgan fingerprint density at radius 1 is 0.957 bits per heavy atom. The van der Waals surface area contributed by atoms with Crippen molar-refractivity contribution in [3.05, 3.63) is 35.9 Å². The maximum Gasteiger partial charge on any atom is 0.490 e. The van der Waals surface area contributed by atoms with E-state index in [0.717, 1.165) is 50.4 Å². The molecule has 1 unspecified atom stereocenters. The normalized spacial score (nSPS) is 18.4. The van der Waals surface area contributed by atoms with Gasteiger partial charge >= 0.3 is 24.3 Å². The summed E-state index contributed by atoms with van der Waals surface area (Å²) < 4.78 is 91.1. The van der Waals surface area contributed by atoms with Crippen LogP contribution in [0.1, 0.15) is 35.1 Å². The molecule has 4 rings (SSSR count). The number of pyridine rings is 1. The topological polar surface area (TPSA) is 156 Å². The number of carboxylic acid groups (broad SMARTS) is 2. The largest absolute Gasteiger partial charge is 0.490 e. The van der Waals surface area contributed by atoms with E-state index in [1.165, 1.54) is 10.6 Å². The Labute approximate surface area is 261 Å². The zero-order valence-corrected chi connectivity index (χ0v) is 26.1. The van der Waals surface area contributed by atoms with E-state index in [9.17, 15) is 39.6 Å². The summed E-state index contributed by atoms with van der Waals surface area (Å²) in [4.78, 5) is 42.5. The van der Waals surface area contributed by atoms with Crippen LogP contribution in [0.25, 0.3) is 5.52 Å². The maximum atomic E-state index is 13.4. The third kappa shape index (κ3) is 11.4. The van der Waals surface area contributed by atoms with Crippen molar-refractivity contribution in [2.75, 3.05) is 72.7 Å². The lowest BCUT2D eigenvalue weighted by Crippen LogP contribution is -2.50. The van der Waals surface area contributed by atoms with Crippen molar-refractivity contribution in [3.63, 3.8) is 0 Å². The fourth-order valence-corrected chi connectivity index (χ4v) is 5.54. The number of hydrogen-bond acceptors (Lipinski definition) is 8. The lowest BCUT2D eigenvalue weighted by atomic mass is 9.99. The van der Waals surface area contributed by atoms with Gasteiger partial charge in [-0.1, -0.05) is 6.07 Å². The van der Waals surface area contributed by atoms with Crippen LogP contribution in [0.4, 0.5) is 26.3 Å². The minimum Gasteiger partial charge on any atom is -0.475 e. The van der Waals surface area contributed by atoms with Crippen molar-refractivity contribution in [2.45, 2.75) is 31.1 Å². The summed E-state index contributed by atoms with van der Waals surface area (Å²) in [7, 11) is 0.895. The maximum absolute atomic E-state index is 13.4. The summed E-state index contributed by atoms with van der Waals surface area (Å²) in [6, 6.07) is 5.77. The number of sulfonamides is 1. The molecule has 0 bridgehead atoms. The van der Waals surface area contributed by atoms with Gasteiger partial charge in [-0.3, -0.25) is 9.69 Å². The lowest BCUT2D eigenvalue weighted by Gasteiger charge is -2.35. The number of imidazole rings is 1. The van der Waals surface area contributed by atoms with Crippen LogP contribution in [0, 0.1) is 0 Å². The van der Waals surface area contributed by atoms with Gasteiger partial charge in [0.05, 0.1) is 11.8 Å². The molecule has 0 spiro atoms. The van der Waals surface area contributed by atoms with Gasteiger partial charge in [-0.25, -0.2) is 27.3 Å². The second kappa shape index (κ2) is 15.9. The van der Waals surface area contributed by atoms with Crippen molar-refractivity contribution >= 4 is 33.4 Å². The average Bonchev–Trinajstić information content (AvgIpc) is 3.35. The van der Waals surface area contributed by atoms with Gasteiger partial charge in [0.25, 0.3) is 5.91 Å². The first-order chi connectivity index (χ1) is 21.1. The molecule has 2 fully saturated rings. The smallest absolute Gasteiger partial charge is 0.475 e. The van der Waals surface area contributed by atoms with Crippen LogP contribution in [0.15, 0.2) is 24.4 Å². The Balaban J connectivity index is 0.000000440. The number of carbonyl (C=O) groups excluding carboxylic acids is 1. The third-order valence-electron chi connectivity index (χ3n) is 7.00. The number of likely N-dealkylation sites (N-methyl/N-ethyl adjacent to an activating group) is 1. The number of amides is 1. The standard InChI is InChI=1S/C22H34N6O3S.2C2HF3O2/c1-24(2)11-12-25-13-15-26(16-14-25)22(29)20-19-8-4-5-10-28(19)21(23-20)18-7-6-9-27(17-18)32(3,30)31;2*3-2(4,5)1(6)7/h4-5,8,10,18H,6-7,9,11-17H2,1-3H3;2*(H,6,7). The fraction of sp³-hybridized carbons (Fsp3) is 0.615. The molecule has 2 N–H and O–H groups in total. The number of alkyl halides is 6. The number of fused-ring (bicyclic) bond motifs is 1. The molecule has 2 aliphatic rings. The summed E-state index contributed by atoms with van der Waals surface area (Å²) in [5.41, 5.74) is 1.26. The summed E-state index contributed by atoms with van der Waals surface area (Å²) in [6.45, 7) is 6.08. The number of aromatic nitrogens is 2. The summed E-state index contributed by atoms with van der Waals surface area (Å²) in [5, 5.41) is 14.2. The molecule has 2 saturated heterocycles. The Hall–Kier alpha value is -3.49. The van der Waals surface area contributed by atoms with E-state index in [-0.39, 0.29) is 11.8 Å². The van der Waals surface area contributed by atoms with Crippen LogP contribution in [-0.4, -0.2) is 150 Å². The number of carboxylic acids is 2. The molecular formula is C26H36F6N6O7S. The molecule has 2 aliphatic heterocycles. The Kier molecular flexibility index (Phi) is 13.4. The first kappa shape index (κ1) is 38.7. The van der Waals surface area contributed by atoms with Crippen molar-refractivity contribution in [1.29, 1.82) is 0 Å². The van der Waals surface area contributed by atoms with E-state index in [1.807, 2.05) is 33.7 Å². The number of hydrogen-bond donors (Lipinski definition) is 2. The molecule has 13 nitrogen and oxygen atoms in total. The number of rotatable bonds is 6. The SMILES string of the molecule is CN(C)CCN1CCN(C(=O)c2nc(C3CCCN(S(C)(=O)=O)C3)n3ccccc23)CC1.O=C(O)C(F)(F)F.O=C(O)C(F)(F)F. The van der Waals surface area contributed by atoms with Gasteiger partial charge in [-0.15, -0.1) is 0 Å². The van der Waals surface area contributed by atoms with Gasteiger partial charge in [0.1, 0.15) is 5.82 Å². The molecule has 2 aromatic heterocycles. The Bertz CT molecular complexity index is 1430. The molecular weight excluding hydrogens is 654 g/mol. The zero-order chi connectivity index (χ0) is 35.0. The number of carbonyl (C=O) groups is 3. The molecule has 1 atom stereocenters. The van der Waals surface area contributed by atoms with Gasteiger partial charge in [0.2, 0.25) is 10.0 Å². The summed E-state index contributed by atoms with van der Waals surface area (Å²) >= 11 is 0. The molecule has 0 aliphatic carbocycles. The number of piperazine rings is 1. The lowest BCUT2D eigenvalue weighted by molar-refractivity contribution is -0.193. The number of halogens is 6. The van der Waals surface area contributed by atoms with Crippen molar-refractivity contribution in [2.24, 2.45) is 0 Å². The summed E-state index contributed by atoms with van der Waals surface area (Å²) in [6.07, 6.45) is -5.34. The van der Waals surface area contributed by atoms with Crippen LogP contribution >= 0.6 is 0 Å².